The van der Waals surface area contributed by atoms with E-state index in [1.165, 1.54) is 31.4 Å². The zero-order chi connectivity index (χ0) is 24.7. The summed E-state index contributed by atoms with van der Waals surface area (Å²) in [6.07, 6.45) is 1.97. The minimum Gasteiger partial charge on any atom is -0.360 e. The number of benzene rings is 2. The Hall–Kier alpha value is -3.35. The van der Waals surface area contributed by atoms with Crippen molar-refractivity contribution < 1.29 is 18.0 Å². The third kappa shape index (κ3) is 6.59. The highest BCUT2D eigenvalue weighted by Gasteiger charge is 2.30. The lowest BCUT2D eigenvalue weighted by Gasteiger charge is -2.18. The summed E-state index contributed by atoms with van der Waals surface area (Å²) in [7, 11) is 2.00. The predicted molar refractivity (Wildman–Crippen MR) is 131 cm³/mol. The van der Waals surface area contributed by atoms with Gasteiger partial charge in [0.2, 0.25) is 0 Å². The van der Waals surface area contributed by atoms with E-state index in [4.69, 9.17) is 0 Å². The number of halogens is 3. The molecular formula is C27H30F3N3O. The summed E-state index contributed by atoms with van der Waals surface area (Å²) < 4.78 is 38.6. The molecule has 4 nitrogen and oxygen atoms in total. The highest BCUT2D eigenvalue weighted by atomic mass is 19.4. The second-order valence-electron chi connectivity index (χ2n) is 8.45. The lowest BCUT2D eigenvalue weighted by molar-refractivity contribution is -0.137. The monoisotopic (exact) mass is 469 g/mol. The van der Waals surface area contributed by atoms with E-state index in [0.717, 1.165) is 36.5 Å². The number of rotatable bonds is 9. The van der Waals surface area contributed by atoms with Crippen LogP contribution < -0.4 is 10.2 Å². The molecular weight excluding hydrogens is 439 g/mol. The number of pyridine rings is 1. The number of anilines is 2. The normalized spacial score (nSPS) is 11.4. The summed E-state index contributed by atoms with van der Waals surface area (Å²) in [4.78, 5) is 19.4. The molecule has 0 aliphatic carbocycles. The van der Waals surface area contributed by atoms with Crippen molar-refractivity contribution in [2.24, 2.45) is 0 Å². The van der Waals surface area contributed by atoms with E-state index in [1.54, 1.807) is 24.4 Å². The maximum Gasteiger partial charge on any atom is 0.416 e. The molecule has 180 valence electrons. The van der Waals surface area contributed by atoms with Crippen LogP contribution in [0.4, 0.5) is 24.7 Å². The SMILES string of the molecule is CCCCCCN(C)c1ccc(NC(=O)c2ccc(C)c(-c3ccc(C(F)(F)F)cc3)c2)cn1. The molecule has 1 N–H and O–H groups in total. The van der Waals surface area contributed by atoms with Crippen LogP contribution in [-0.2, 0) is 6.18 Å². The van der Waals surface area contributed by atoms with Gasteiger partial charge >= 0.3 is 6.18 Å². The Kier molecular flexibility index (Phi) is 8.31. The second kappa shape index (κ2) is 11.2. The van der Waals surface area contributed by atoms with Gasteiger partial charge in [0.1, 0.15) is 5.82 Å². The zero-order valence-electron chi connectivity index (χ0n) is 19.7. The molecule has 1 aromatic heterocycles. The molecule has 0 saturated carbocycles. The molecule has 0 fully saturated rings. The first-order chi connectivity index (χ1) is 16.2. The Bertz CT molecular complexity index is 1090. The van der Waals surface area contributed by atoms with Crippen molar-refractivity contribution in [1.29, 1.82) is 0 Å². The highest BCUT2D eigenvalue weighted by molar-refractivity contribution is 6.05. The fourth-order valence-electron chi connectivity index (χ4n) is 3.69. The largest absolute Gasteiger partial charge is 0.416 e. The molecule has 3 aromatic rings. The molecule has 0 radical (unpaired) electrons. The molecule has 1 heterocycles. The Balaban J connectivity index is 1.68. The lowest BCUT2D eigenvalue weighted by Crippen LogP contribution is -2.19. The van der Waals surface area contributed by atoms with E-state index >= 15 is 0 Å². The van der Waals surface area contributed by atoms with Crippen molar-refractivity contribution in [1.82, 2.24) is 4.98 Å². The van der Waals surface area contributed by atoms with Gasteiger partial charge in [-0.1, -0.05) is 44.4 Å². The van der Waals surface area contributed by atoms with Crippen LogP contribution >= 0.6 is 0 Å². The van der Waals surface area contributed by atoms with Gasteiger partial charge in [-0.05, 0) is 66.4 Å². The Morgan fingerprint density at radius 3 is 2.35 bits per heavy atom. The predicted octanol–water partition coefficient (Wildman–Crippen LogP) is 7.34. The summed E-state index contributed by atoms with van der Waals surface area (Å²) in [5.74, 6) is 0.532. The van der Waals surface area contributed by atoms with Crippen LogP contribution in [0.1, 0.15) is 54.1 Å². The standard InChI is InChI=1S/C27H30F3N3O/c1-4-5-6-7-16-33(3)25-15-14-23(18-31-25)32-26(34)21-9-8-19(2)24(17-21)20-10-12-22(13-11-20)27(28,29)30/h8-15,17-18H,4-7,16H2,1-3H3,(H,32,34). The summed E-state index contributed by atoms with van der Waals surface area (Å²) in [6.45, 7) is 4.97. The first-order valence-electron chi connectivity index (χ1n) is 11.5. The molecule has 0 aliphatic heterocycles. The first-order valence-corrected chi connectivity index (χ1v) is 11.5. The summed E-state index contributed by atoms with van der Waals surface area (Å²) in [5, 5.41) is 2.84. The zero-order valence-corrected chi connectivity index (χ0v) is 19.7. The smallest absolute Gasteiger partial charge is 0.360 e. The number of unbranched alkanes of at least 4 members (excludes halogenated alkanes) is 3. The van der Waals surface area contributed by atoms with Gasteiger partial charge in [0.05, 0.1) is 17.4 Å². The van der Waals surface area contributed by atoms with Crippen LogP contribution in [-0.4, -0.2) is 24.5 Å². The molecule has 0 saturated heterocycles. The van der Waals surface area contributed by atoms with Gasteiger partial charge in [-0.2, -0.15) is 13.2 Å². The number of hydrogen-bond donors (Lipinski definition) is 1. The molecule has 0 atom stereocenters. The summed E-state index contributed by atoms with van der Waals surface area (Å²) in [5.41, 5.74) is 2.48. The second-order valence-corrected chi connectivity index (χ2v) is 8.45. The number of carbonyl (C=O) groups excluding carboxylic acids is 1. The van der Waals surface area contributed by atoms with Crippen molar-refractivity contribution >= 4 is 17.4 Å². The van der Waals surface area contributed by atoms with Crippen molar-refractivity contribution in [3.63, 3.8) is 0 Å². The maximum absolute atomic E-state index is 12.9. The fourth-order valence-corrected chi connectivity index (χ4v) is 3.69. The number of carbonyl (C=O) groups is 1. The number of nitrogens with zero attached hydrogens (tertiary/aromatic N) is 2. The topological polar surface area (TPSA) is 45.2 Å². The molecule has 0 spiro atoms. The molecule has 0 aliphatic rings. The van der Waals surface area contributed by atoms with E-state index in [-0.39, 0.29) is 5.91 Å². The minimum absolute atomic E-state index is 0.310. The summed E-state index contributed by atoms with van der Waals surface area (Å²) >= 11 is 0. The van der Waals surface area contributed by atoms with Gasteiger partial charge < -0.3 is 10.2 Å². The van der Waals surface area contributed by atoms with Crippen molar-refractivity contribution in [2.45, 2.75) is 45.7 Å². The van der Waals surface area contributed by atoms with Crippen LogP contribution in [0.3, 0.4) is 0 Å². The van der Waals surface area contributed by atoms with Gasteiger partial charge in [-0.25, -0.2) is 4.98 Å². The van der Waals surface area contributed by atoms with Gasteiger partial charge in [0.25, 0.3) is 5.91 Å². The number of aryl methyl sites for hydroxylation is 1. The van der Waals surface area contributed by atoms with Gasteiger partial charge in [0, 0.05) is 19.2 Å². The van der Waals surface area contributed by atoms with Crippen LogP contribution in [0, 0.1) is 6.92 Å². The van der Waals surface area contributed by atoms with Gasteiger partial charge in [0.15, 0.2) is 0 Å². The third-order valence-corrected chi connectivity index (χ3v) is 5.77. The van der Waals surface area contributed by atoms with Crippen molar-refractivity contribution in [3.05, 3.63) is 77.5 Å². The molecule has 2 aromatic carbocycles. The number of amides is 1. The Labute approximate surface area is 198 Å². The van der Waals surface area contributed by atoms with E-state index in [1.807, 2.05) is 26.1 Å². The van der Waals surface area contributed by atoms with Crippen LogP contribution in [0.25, 0.3) is 11.1 Å². The van der Waals surface area contributed by atoms with Gasteiger partial charge in [-0.3, -0.25) is 4.79 Å². The summed E-state index contributed by atoms with van der Waals surface area (Å²) in [6, 6.07) is 13.8. The van der Waals surface area contributed by atoms with Gasteiger partial charge in [-0.15, -0.1) is 0 Å². The maximum atomic E-state index is 12.9. The molecule has 0 unspecified atom stereocenters. The van der Waals surface area contributed by atoms with E-state index < -0.39 is 11.7 Å². The number of hydrogen-bond acceptors (Lipinski definition) is 3. The average Bonchev–Trinajstić information content (AvgIpc) is 2.82. The minimum atomic E-state index is -4.39. The van der Waals surface area contributed by atoms with Crippen LogP contribution in [0.15, 0.2) is 60.8 Å². The Morgan fingerprint density at radius 1 is 1.00 bits per heavy atom. The van der Waals surface area contributed by atoms with Crippen LogP contribution in [0.5, 0.6) is 0 Å². The van der Waals surface area contributed by atoms with E-state index in [9.17, 15) is 18.0 Å². The molecule has 3 rings (SSSR count). The van der Waals surface area contributed by atoms with Crippen molar-refractivity contribution in [2.75, 3.05) is 23.8 Å². The number of nitrogens with one attached hydrogen (secondary N) is 1. The molecule has 0 bridgehead atoms. The molecule has 7 heteroatoms. The van der Waals surface area contributed by atoms with E-state index in [0.29, 0.717) is 22.4 Å². The quantitative estimate of drug-likeness (QED) is 0.333. The molecule has 1 amide bonds. The lowest BCUT2D eigenvalue weighted by atomic mass is 9.97. The molecule has 34 heavy (non-hydrogen) atoms. The fraction of sp³-hybridized carbons (Fsp3) is 0.333. The van der Waals surface area contributed by atoms with Crippen molar-refractivity contribution in [3.8, 4) is 11.1 Å². The third-order valence-electron chi connectivity index (χ3n) is 5.77. The van der Waals surface area contributed by atoms with Crippen LogP contribution in [0.2, 0.25) is 0 Å². The Morgan fingerprint density at radius 2 is 1.74 bits per heavy atom. The average molecular weight is 470 g/mol. The van der Waals surface area contributed by atoms with E-state index in [2.05, 4.69) is 22.1 Å². The first kappa shape index (κ1) is 25.3. The number of alkyl halides is 3. The highest BCUT2D eigenvalue weighted by Crippen LogP contribution is 2.32. The number of aromatic nitrogens is 1.